The SMILES string of the molecule is CCOc1ncc([C@@]2(O)CC[C@H]3CN(Cc4cccc(OC(C)C)c4)C[C@@H]32)c(OCC)n1. The van der Waals surface area contributed by atoms with E-state index in [1.807, 2.05) is 39.8 Å². The van der Waals surface area contributed by atoms with E-state index in [-0.39, 0.29) is 18.0 Å². The average Bonchev–Trinajstić information content (AvgIpc) is 3.28. The van der Waals surface area contributed by atoms with Gasteiger partial charge in [0.25, 0.3) is 0 Å². The van der Waals surface area contributed by atoms with Gasteiger partial charge in [0.05, 0.1) is 24.9 Å². The Morgan fingerprint density at radius 3 is 2.75 bits per heavy atom. The summed E-state index contributed by atoms with van der Waals surface area (Å²) in [6.07, 6.45) is 3.53. The summed E-state index contributed by atoms with van der Waals surface area (Å²) in [5.74, 6) is 1.90. The van der Waals surface area contributed by atoms with Crippen LogP contribution in [0.15, 0.2) is 30.5 Å². The topological polar surface area (TPSA) is 76.9 Å². The lowest BCUT2D eigenvalue weighted by atomic mass is 9.83. The molecule has 174 valence electrons. The van der Waals surface area contributed by atoms with Gasteiger partial charge in [-0.3, -0.25) is 4.90 Å². The predicted molar refractivity (Wildman–Crippen MR) is 122 cm³/mol. The van der Waals surface area contributed by atoms with Crippen molar-refractivity contribution < 1.29 is 19.3 Å². The van der Waals surface area contributed by atoms with Crippen molar-refractivity contribution in [3.05, 3.63) is 41.6 Å². The number of hydrogen-bond acceptors (Lipinski definition) is 7. The van der Waals surface area contributed by atoms with E-state index in [1.165, 1.54) is 5.56 Å². The Balaban J connectivity index is 1.51. The summed E-state index contributed by atoms with van der Waals surface area (Å²) in [6.45, 7) is 11.5. The zero-order valence-electron chi connectivity index (χ0n) is 19.6. The van der Waals surface area contributed by atoms with Crippen molar-refractivity contribution in [2.24, 2.45) is 11.8 Å². The molecule has 0 radical (unpaired) electrons. The zero-order valence-corrected chi connectivity index (χ0v) is 19.6. The lowest BCUT2D eigenvalue weighted by molar-refractivity contribution is -0.0101. The van der Waals surface area contributed by atoms with Crippen LogP contribution < -0.4 is 14.2 Å². The van der Waals surface area contributed by atoms with Gasteiger partial charge >= 0.3 is 6.01 Å². The van der Waals surface area contributed by atoms with Crippen molar-refractivity contribution in [3.63, 3.8) is 0 Å². The third kappa shape index (κ3) is 4.69. The molecule has 2 fully saturated rings. The molecule has 4 rings (SSSR count). The molecule has 2 aliphatic rings. The molecule has 2 aromatic rings. The molecule has 32 heavy (non-hydrogen) atoms. The van der Waals surface area contributed by atoms with Crippen LogP contribution in [0, 0.1) is 11.8 Å². The van der Waals surface area contributed by atoms with Gasteiger partial charge in [0, 0.05) is 31.7 Å². The average molecular weight is 442 g/mol. The van der Waals surface area contributed by atoms with Crippen LogP contribution in [0.2, 0.25) is 0 Å². The van der Waals surface area contributed by atoms with Gasteiger partial charge in [-0.2, -0.15) is 4.98 Å². The number of hydrogen-bond donors (Lipinski definition) is 1. The van der Waals surface area contributed by atoms with Crippen molar-refractivity contribution in [2.75, 3.05) is 26.3 Å². The monoisotopic (exact) mass is 441 g/mol. The molecule has 1 aromatic heterocycles. The summed E-state index contributed by atoms with van der Waals surface area (Å²) < 4.78 is 17.1. The van der Waals surface area contributed by atoms with Crippen LogP contribution >= 0.6 is 0 Å². The van der Waals surface area contributed by atoms with Crippen LogP contribution in [0.5, 0.6) is 17.6 Å². The van der Waals surface area contributed by atoms with E-state index in [2.05, 4.69) is 27.0 Å². The molecule has 2 heterocycles. The Bertz CT molecular complexity index is 922. The highest BCUT2D eigenvalue weighted by molar-refractivity contribution is 5.34. The largest absolute Gasteiger partial charge is 0.491 e. The van der Waals surface area contributed by atoms with Crippen LogP contribution in [0.25, 0.3) is 0 Å². The molecule has 1 N–H and O–H groups in total. The van der Waals surface area contributed by atoms with Crippen molar-refractivity contribution in [1.82, 2.24) is 14.9 Å². The van der Waals surface area contributed by atoms with Gasteiger partial charge in [-0.15, -0.1) is 0 Å². The van der Waals surface area contributed by atoms with E-state index < -0.39 is 5.60 Å². The molecule has 1 aromatic carbocycles. The zero-order chi connectivity index (χ0) is 22.7. The molecule has 0 spiro atoms. The van der Waals surface area contributed by atoms with Crippen LogP contribution in [-0.2, 0) is 12.1 Å². The fourth-order valence-electron chi connectivity index (χ4n) is 5.19. The third-order valence-electron chi connectivity index (χ3n) is 6.46. The number of aromatic nitrogens is 2. The smallest absolute Gasteiger partial charge is 0.319 e. The van der Waals surface area contributed by atoms with E-state index in [0.717, 1.165) is 31.8 Å². The first-order chi connectivity index (χ1) is 15.4. The second-order valence-corrected chi connectivity index (χ2v) is 9.08. The maximum Gasteiger partial charge on any atom is 0.319 e. The van der Waals surface area contributed by atoms with Gasteiger partial charge in [-0.25, -0.2) is 4.98 Å². The van der Waals surface area contributed by atoms with Gasteiger partial charge in [-0.1, -0.05) is 12.1 Å². The maximum absolute atomic E-state index is 11.8. The Kier molecular flexibility index (Phi) is 6.86. The first-order valence-electron chi connectivity index (χ1n) is 11.8. The van der Waals surface area contributed by atoms with Gasteiger partial charge < -0.3 is 19.3 Å². The van der Waals surface area contributed by atoms with E-state index in [4.69, 9.17) is 14.2 Å². The van der Waals surface area contributed by atoms with Crippen molar-refractivity contribution >= 4 is 0 Å². The molecule has 7 nitrogen and oxygen atoms in total. The number of aliphatic hydroxyl groups is 1. The van der Waals surface area contributed by atoms with Crippen LogP contribution in [0.3, 0.4) is 0 Å². The minimum absolute atomic E-state index is 0.123. The van der Waals surface area contributed by atoms with Crippen molar-refractivity contribution in [3.8, 4) is 17.6 Å². The lowest BCUT2D eigenvalue weighted by Gasteiger charge is -2.31. The minimum atomic E-state index is -0.989. The van der Waals surface area contributed by atoms with Gasteiger partial charge in [0.2, 0.25) is 5.88 Å². The summed E-state index contributed by atoms with van der Waals surface area (Å²) in [6, 6.07) is 8.59. The van der Waals surface area contributed by atoms with E-state index in [0.29, 0.717) is 37.0 Å². The number of rotatable bonds is 9. The summed E-state index contributed by atoms with van der Waals surface area (Å²) >= 11 is 0. The Labute approximate surface area is 190 Å². The number of fused-ring (bicyclic) bond motifs is 1. The Hall–Kier alpha value is -2.38. The van der Waals surface area contributed by atoms with Gasteiger partial charge in [-0.05, 0) is 64.2 Å². The Morgan fingerprint density at radius 1 is 1.19 bits per heavy atom. The number of nitrogens with zero attached hydrogens (tertiary/aromatic N) is 3. The molecular formula is C25H35N3O4. The molecule has 7 heteroatoms. The summed E-state index contributed by atoms with van der Waals surface area (Å²) in [5, 5.41) is 11.8. The highest BCUT2D eigenvalue weighted by Gasteiger charge is 2.53. The number of benzene rings is 1. The van der Waals surface area contributed by atoms with Crippen LogP contribution in [0.4, 0.5) is 0 Å². The third-order valence-corrected chi connectivity index (χ3v) is 6.46. The van der Waals surface area contributed by atoms with Gasteiger partial charge in [0.1, 0.15) is 11.4 Å². The molecule has 1 aliphatic carbocycles. The normalized spacial score (nSPS) is 25.2. The van der Waals surface area contributed by atoms with E-state index in [9.17, 15) is 5.11 Å². The standard InChI is InChI=1S/C25H35N3O4/c1-5-30-23-21(13-26-24(27-23)31-6-2)25(29)11-10-19-15-28(16-22(19)25)14-18-8-7-9-20(12-18)32-17(3)4/h7-9,12-13,17,19,22,29H,5-6,10-11,14-16H2,1-4H3/t19-,22-,25-/m0/s1. The predicted octanol–water partition coefficient (Wildman–Crippen LogP) is 3.79. The fourth-order valence-corrected chi connectivity index (χ4v) is 5.19. The van der Waals surface area contributed by atoms with Crippen LogP contribution in [-0.4, -0.2) is 52.4 Å². The quantitative estimate of drug-likeness (QED) is 0.634. The van der Waals surface area contributed by atoms with Crippen molar-refractivity contribution in [1.29, 1.82) is 0 Å². The molecule has 1 saturated heterocycles. The van der Waals surface area contributed by atoms with Crippen molar-refractivity contribution in [2.45, 2.75) is 58.8 Å². The minimum Gasteiger partial charge on any atom is -0.491 e. The second kappa shape index (κ2) is 9.63. The molecule has 0 bridgehead atoms. The Morgan fingerprint density at radius 2 is 2.00 bits per heavy atom. The molecule has 3 atom stereocenters. The number of ether oxygens (including phenoxy) is 3. The maximum atomic E-state index is 11.8. The molecule has 0 amide bonds. The molecule has 1 saturated carbocycles. The molecule has 1 aliphatic heterocycles. The summed E-state index contributed by atoms with van der Waals surface area (Å²) in [5.41, 5.74) is 0.924. The summed E-state index contributed by atoms with van der Waals surface area (Å²) in [4.78, 5) is 11.2. The van der Waals surface area contributed by atoms with Crippen LogP contribution in [0.1, 0.15) is 51.7 Å². The highest BCUT2D eigenvalue weighted by Crippen LogP contribution is 2.52. The van der Waals surface area contributed by atoms with E-state index >= 15 is 0 Å². The molecule has 0 unspecified atom stereocenters. The van der Waals surface area contributed by atoms with E-state index in [1.54, 1.807) is 6.20 Å². The lowest BCUT2D eigenvalue weighted by Crippen LogP contribution is -2.35. The highest BCUT2D eigenvalue weighted by atomic mass is 16.5. The summed E-state index contributed by atoms with van der Waals surface area (Å²) in [7, 11) is 0. The first kappa shape index (κ1) is 22.8. The fraction of sp³-hybridized carbons (Fsp3) is 0.600. The first-order valence-corrected chi connectivity index (χ1v) is 11.8. The number of likely N-dealkylation sites (tertiary alicyclic amines) is 1. The molecular weight excluding hydrogens is 406 g/mol. The van der Waals surface area contributed by atoms with Gasteiger partial charge in [0.15, 0.2) is 0 Å². The second-order valence-electron chi connectivity index (χ2n) is 9.08.